The van der Waals surface area contributed by atoms with Crippen LogP contribution in [0, 0.1) is 6.92 Å². The number of aromatic hydroxyl groups is 1. The first-order valence-electron chi connectivity index (χ1n) is 11.9. The second-order valence-electron chi connectivity index (χ2n) is 8.79. The van der Waals surface area contributed by atoms with Gasteiger partial charge in [-0.05, 0) is 64.2 Å². The molecule has 2 aromatic heterocycles. The van der Waals surface area contributed by atoms with Gasteiger partial charge in [-0.2, -0.15) is 0 Å². The molecule has 0 amide bonds. The van der Waals surface area contributed by atoms with Gasteiger partial charge in [0.05, 0.1) is 29.7 Å². The van der Waals surface area contributed by atoms with Gasteiger partial charge in [-0.1, -0.05) is 0 Å². The van der Waals surface area contributed by atoms with Crippen LogP contribution < -0.4 is 5.32 Å². The van der Waals surface area contributed by atoms with E-state index in [4.69, 9.17) is 9.72 Å². The number of aromatic nitrogens is 3. The zero-order chi connectivity index (χ0) is 24.1. The molecular formula is C25H34N6O3. The minimum absolute atomic E-state index is 0.134. The summed E-state index contributed by atoms with van der Waals surface area (Å²) < 4.78 is 7.14. The van der Waals surface area contributed by atoms with E-state index in [-0.39, 0.29) is 11.7 Å². The molecule has 2 N–H and O–H groups in total. The lowest BCUT2D eigenvalue weighted by molar-refractivity contribution is 0.0526. The van der Waals surface area contributed by atoms with Crippen LogP contribution in [-0.2, 0) is 11.3 Å². The van der Waals surface area contributed by atoms with E-state index >= 15 is 0 Å². The van der Waals surface area contributed by atoms with E-state index < -0.39 is 0 Å². The standard InChI is InChI=1S/C25H34N6O3/c1-4-34-24(33)19-7-8-20-22(16-19)31(17-21-23(32)9-6-18(2)27-21)25(28-20)26-10-5-11-30-14-12-29(3)13-15-30/h6-9,16,32H,4-5,10-15,17H2,1-3H3,(H,26,28). The smallest absolute Gasteiger partial charge is 0.338 e. The number of rotatable bonds is 9. The van der Waals surface area contributed by atoms with Crippen LogP contribution in [0.15, 0.2) is 30.3 Å². The quantitative estimate of drug-likeness (QED) is 0.367. The number of carbonyl (C=O) groups excluding carboxylic acids is 1. The van der Waals surface area contributed by atoms with Gasteiger partial charge >= 0.3 is 5.97 Å². The molecule has 9 nitrogen and oxygen atoms in total. The van der Waals surface area contributed by atoms with Crippen molar-refractivity contribution < 1.29 is 14.6 Å². The van der Waals surface area contributed by atoms with Gasteiger partial charge in [0.15, 0.2) is 0 Å². The molecule has 1 aliphatic rings. The third-order valence-corrected chi connectivity index (χ3v) is 6.19. The number of esters is 1. The molecule has 1 fully saturated rings. The molecule has 0 radical (unpaired) electrons. The van der Waals surface area contributed by atoms with Crippen LogP contribution in [0.3, 0.4) is 0 Å². The summed E-state index contributed by atoms with van der Waals surface area (Å²) in [5, 5.41) is 13.9. The number of benzene rings is 1. The molecule has 0 bridgehead atoms. The molecule has 4 rings (SSSR count). The van der Waals surface area contributed by atoms with Crippen molar-refractivity contribution in [3.05, 3.63) is 47.3 Å². The largest absolute Gasteiger partial charge is 0.506 e. The number of nitrogens with one attached hydrogen (secondary N) is 1. The predicted molar refractivity (Wildman–Crippen MR) is 132 cm³/mol. The van der Waals surface area contributed by atoms with Crippen molar-refractivity contribution in [3.8, 4) is 5.75 Å². The van der Waals surface area contributed by atoms with E-state index in [2.05, 4.69) is 27.1 Å². The number of nitrogens with zero attached hydrogens (tertiary/aromatic N) is 5. The zero-order valence-corrected chi connectivity index (χ0v) is 20.3. The highest BCUT2D eigenvalue weighted by Gasteiger charge is 2.17. The maximum Gasteiger partial charge on any atom is 0.338 e. The summed E-state index contributed by atoms with van der Waals surface area (Å²) in [5.41, 5.74) is 3.41. The number of likely N-dealkylation sites (N-methyl/N-ethyl adjacent to an activating group) is 1. The normalized spacial score (nSPS) is 15.0. The highest BCUT2D eigenvalue weighted by Crippen LogP contribution is 2.25. The Morgan fingerprint density at radius 2 is 1.94 bits per heavy atom. The van der Waals surface area contributed by atoms with Crippen molar-refractivity contribution in [2.45, 2.75) is 26.8 Å². The molecular weight excluding hydrogens is 432 g/mol. The van der Waals surface area contributed by atoms with Crippen LogP contribution in [0.1, 0.15) is 35.1 Å². The first-order chi connectivity index (χ1) is 16.4. The molecule has 1 aliphatic heterocycles. The number of aryl methyl sites for hydroxylation is 1. The summed E-state index contributed by atoms with van der Waals surface area (Å²) in [7, 11) is 2.16. The van der Waals surface area contributed by atoms with Gasteiger partial charge in [0.25, 0.3) is 0 Å². The molecule has 3 heterocycles. The average molecular weight is 467 g/mol. The Bertz CT molecular complexity index is 1140. The van der Waals surface area contributed by atoms with E-state index in [9.17, 15) is 9.90 Å². The van der Waals surface area contributed by atoms with E-state index in [0.29, 0.717) is 30.4 Å². The lowest BCUT2D eigenvalue weighted by Gasteiger charge is -2.32. The summed E-state index contributed by atoms with van der Waals surface area (Å²) in [6.45, 7) is 10.6. The number of ether oxygens (including phenoxy) is 1. The van der Waals surface area contributed by atoms with E-state index in [1.807, 2.05) is 17.6 Å². The van der Waals surface area contributed by atoms with Gasteiger partial charge in [0.1, 0.15) is 11.4 Å². The molecule has 182 valence electrons. The van der Waals surface area contributed by atoms with E-state index in [1.165, 1.54) is 0 Å². The van der Waals surface area contributed by atoms with Crippen molar-refractivity contribution in [3.63, 3.8) is 0 Å². The molecule has 0 unspecified atom stereocenters. The summed E-state index contributed by atoms with van der Waals surface area (Å²) in [4.78, 5) is 26.5. The van der Waals surface area contributed by atoms with Crippen molar-refractivity contribution >= 4 is 23.0 Å². The van der Waals surface area contributed by atoms with Crippen LogP contribution in [0.5, 0.6) is 5.75 Å². The third-order valence-electron chi connectivity index (χ3n) is 6.19. The summed E-state index contributed by atoms with van der Waals surface area (Å²) in [6.07, 6.45) is 0.995. The van der Waals surface area contributed by atoms with E-state index in [0.717, 1.165) is 62.4 Å². The van der Waals surface area contributed by atoms with Gasteiger partial charge in [-0.3, -0.25) is 4.98 Å². The van der Waals surface area contributed by atoms with Gasteiger partial charge in [0.2, 0.25) is 5.95 Å². The molecule has 1 saturated heterocycles. The fourth-order valence-electron chi connectivity index (χ4n) is 4.20. The summed E-state index contributed by atoms with van der Waals surface area (Å²) >= 11 is 0. The Hall–Kier alpha value is -3.17. The van der Waals surface area contributed by atoms with Crippen LogP contribution in [0.4, 0.5) is 5.95 Å². The SMILES string of the molecule is CCOC(=O)c1ccc2nc(NCCCN3CCN(C)CC3)n(Cc3nc(C)ccc3O)c2c1. The number of anilines is 1. The lowest BCUT2D eigenvalue weighted by Crippen LogP contribution is -2.44. The molecule has 3 aromatic rings. The average Bonchev–Trinajstić information content (AvgIpc) is 3.17. The number of pyridine rings is 1. The second-order valence-corrected chi connectivity index (χ2v) is 8.79. The number of hydrogen-bond acceptors (Lipinski definition) is 8. The maximum atomic E-state index is 12.3. The number of piperazine rings is 1. The topological polar surface area (TPSA) is 95.8 Å². The fourth-order valence-corrected chi connectivity index (χ4v) is 4.20. The van der Waals surface area contributed by atoms with Crippen LogP contribution >= 0.6 is 0 Å². The fraction of sp³-hybridized carbons (Fsp3) is 0.480. The molecule has 1 aromatic carbocycles. The number of hydrogen-bond donors (Lipinski definition) is 2. The first-order valence-corrected chi connectivity index (χ1v) is 11.9. The molecule has 0 aliphatic carbocycles. The van der Waals surface area contributed by atoms with Crippen molar-refractivity contribution in [1.29, 1.82) is 0 Å². The zero-order valence-electron chi connectivity index (χ0n) is 20.3. The van der Waals surface area contributed by atoms with Crippen LogP contribution in [-0.4, -0.2) is 88.3 Å². The van der Waals surface area contributed by atoms with Gasteiger partial charge in [0, 0.05) is 38.4 Å². The van der Waals surface area contributed by atoms with Gasteiger partial charge in [-0.15, -0.1) is 0 Å². The van der Waals surface area contributed by atoms with Crippen molar-refractivity contribution in [2.24, 2.45) is 0 Å². The van der Waals surface area contributed by atoms with Crippen LogP contribution in [0.25, 0.3) is 11.0 Å². The van der Waals surface area contributed by atoms with E-state index in [1.54, 1.807) is 31.2 Å². The van der Waals surface area contributed by atoms with Crippen molar-refractivity contribution in [2.75, 3.05) is 58.2 Å². The Labute approximate surface area is 200 Å². The predicted octanol–water partition coefficient (Wildman–Crippen LogP) is 2.72. The highest BCUT2D eigenvalue weighted by molar-refractivity contribution is 5.94. The molecule has 9 heteroatoms. The minimum Gasteiger partial charge on any atom is -0.506 e. The number of carbonyl (C=O) groups is 1. The molecule has 0 saturated carbocycles. The Morgan fingerprint density at radius 3 is 2.71 bits per heavy atom. The lowest BCUT2D eigenvalue weighted by atomic mass is 10.2. The van der Waals surface area contributed by atoms with Gasteiger partial charge < -0.3 is 29.5 Å². The van der Waals surface area contributed by atoms with Crippen molar-refractivity contribution in [1.82, 2.24) is 24.3 Å². The van der Waals surface area contributed by atoms with Crippen LogP contribution in [0.2, 0.25) is 0 Å². The third kappa shape index (κ3) is 5.66. The van der Waals surface area contributed by atoms with Gasteiger partial charge in [-0.25, -0.2) is 9.78 Å². The Balaban J connectivity index is 1.56. The molecule has 0 spiro atoms. The molecule has 0 atom stereocenters. The molecule has 34 heavy (non-hydrogen) atoms. The minimum atomic E-state index is -0.365. The number of imidazole rings is 1. The number of fused-ring (bicyclic) bond motifs is 1. The Morgan fingerprint density at radius 1 is 1.15 bits per heavy atom. The summed E-state index contributed by atoms with van der Waals surface area (Å²) in [5.74, 6) is 0.461. The second kappa shape index (κ2) is 10.8. The highest BCUT2D eigenvalue weighted by atomic mass is 16.5. The monoisotopic (exact) mass is 466 g/mol. The summed E-state index contributed by atoms with van der Waals surface area (Å²) in [6, 6.07) is 8.79. The maximum absolute atomic E-state index is 12.3. The Kier molecular flexibility index (Phi) is 7.64. The first kappa shape index (κ1) is 24.0.